The van der Waals surface area contributed by atoms with Gasteiger partial charge in [-0.25, -0.2) is 18.9 Å². The van der Waals surface area contributed by atoms with E-state index in [2.05, 4.69) is 35.6 Å². The predicted octanol–water partition coefficient (Wildman–Crippen LogP) is 6.90. The smallest absolute Gasteiger partial charge is 0.417 e. The molecule has 0 aliphatic carbocycles. The number of amides is 3. The first-order valence-corrected chi connectivity index (χ1v) is 17.5. The summed E-state index contributed by atoms with van der Waals surface area (Å²) in [5, 5.41) is 13.2. The summed E-state index contributed by atoms with van der Waals surface area (Å²) >= 11 is 0. The number of hydrogen-bond acceptors (Lipinski definition) is 8. The Morgan fingerprint density at radius 2 is 1.61 bits per heavy atom. The summed E-state index contributed by atoms with van der Waals surface area (Å²) in [6.07, 6.45) is 0.457. The van der Waals surface area contributed by atoms with Crippen molar-refractivity contribution in [2.24, 2.45) is 5.73 Å². The highest BCUT2D eigenvalue weighted by Gasteiger charge is 2.35. The Kier molecular flexibility index (Phi) is 13.2. The van der Waals surface area contributed by atoms with E-state index >= 15 is 0 Å². The number of nitrogens with one attached hydrogen (secondary N) is 2. The van der Waals surface area contributed by atoms with Gasteiger partial charge in [0.2, 0.25) is 11.9 Å². The van der Waals surface area contributed by atoms with Gasteiger partial charge in [0.05, 0.1) is 18.8 Å². The second-order valence-corrected chi connectivity index (χ2v) is 15.0. The van der Waals surface area contributed by atoms with Crippen molar-refractivity contribution in [1.82, 2.24) is 15.1 Å². The Balaban J connectivity index is 1.47. The fourth-order valence-electron chi connectivity index (χ4n) is 6.01. The molecule has 4 N–H and O–H groups in total. The van der Waals surface area contributed by atoms with Gasteiger partial charge >= 0.3 is 12.2 Å². The lowest BCUT2D eigenvalue weighted by atomic mass is 9.93. The van der Waals surface area contributed by atoms with Crippen LogP contribution in [0.25, 0.3) is 10.8 Å². The van der Waals surface area contributed by atoms with Crippen molar-refractivity contribution in [2.75, 3.05) is 13.1 Å². The molecule has 0 aromatic heterocycles. The summed E-state index contributed by atoms with van der Waals surface area (Å²) in [5.74, 6) is -1.06. The van der Waals surface area contributed by atoms with Crippen molar-refractivity contribution < 1.29 is 33.0 Å². The van der Waals surface area contributed by atoms with Gasteiger partial charge in [0.15, 0.2) is 0 Å². The molecule has 276 valence electrons. The van der Waals surface area contributed by atoms with E-state index < -0.39 is 35.4 Å². The lowest BCUT2D eigenvalue weighted by Gasteiger charge is -2.41. The third kappa shape index (κ3) is 12.3. The quantitative estimate of drug-likeness (QED) is 0.154. The maximum Gasteiger partial charge on any atom is 0.417 e. The van der Waals surface area contributed by atoms with Gasteiger partial charge in [-0.05, 0) is 114 Å². The molecule has 3 aromatic carbocycles. The molecule has 1 saturated heterocycles. The zero-order chi connectivity index (χ0) is 37.3. The number of guanidine groups is 1. The molecule has 1 fully saturated rings. The number of hydrogen-bond donors (Lipinski definition) is 3. The number of carbonyl (C=O) groups is 3. The van der Waals surface area contributed by atoms with Gasteiger partial charge in [0.25, 0.3) is 0 Å². The number of halogens is 1. The van der Waals surface area contributed by atoms with Crippen molar-refractivity contribution in [3.63, 3.8) is 0 Å². The normalized spacial score (nSPS) is 17.1. The minimum Gasteiger partial charge on any atom is -0.444 e. The third-order valence-electron chi connectivity index (χ3n) is 8.36. The van der Waals surface area contributed by atoms with Crippen LogP contribution in [0.5, 0.6) is 0 Å². The van der Waals surface area contributed by atoms with Gasteiger partial charge < -0.3 is 24.8 Å². The van der Waals surface area contributed by atoms with Gasteiger partial charge in [-0.15, -0.1) is 0 Å². The second kappa shape index (κ2) is 17.1. The van der Waals surface area contributed by atoms with E-state index in [4.69, 9.17) is 25.4 Å². The van der Waals surface area contributed by atoms with E-state index in [1.54, 1.807) is 58.6 Å². The zero-order valence-electron chi connectivity index (χ0n) is 30.5. The molecule has 3 aromatic rings. The maximum atomic E-state index is 13.8. The fraction of sp³-hybridized carbons (Fsp3) is 0.487. The van der Waals surface area contributed by atoms with Crippen LogP contribution in [0.15, 0.2) is 66.7 Å². The highest BCUT2D eigenvalue weighted by molar-refractivity contribution is 5.99. The average molecular weight is 706 g/mol. The molecule has 3 unspecified atom stereocenters. The van der Waals surface area contributed by atoms with Crippen LogP contribution >= 0.6 is 0 Å². The van der Waals surface area contributed by atoms with Crippen LogP contribution in [0.1, 0.15) is 78.4 Å². The van der Waals surface area contributed by atoms with E-state index in [1.165, 1.54) is 12.1 Å². The molecular weight excluding hydrogens is 653 g/mol. The molecule has 4 rings (SSSR count). The minimum absolute atomic E-state index is 0.0340. The van der Waals surface area contributed by atoms with Gasteiger partial charge in [-0.1, -0.05) is 48.5 Å². The standard InChI is InChI=1S/C39H52FN5O6/c1-38(2,3)50-36(47)43-35(42)45(37(48)51-39(4,5)6)20-9-12-31-24-32(49-25-27-13-16-28-10-7-8-11-29(28)22-27)19-21-44(31)34(46)33(41)23-26-14-17-30(40)18-15-26/h7-8,10-11,13-18,22,31-33H,9,12,19-21,23-25,41H2,1-6H3,(H2,42,43,47). The van der Waals surface area contributed by atoms with Gasteiger partial charge in [0.1, 0.15) is 17.0 Å². The number of piperidine rings is 1. The van der Waals surface area contributed by atoms with Crippen molar-refractivity contribution in [1.29, 1.82) is 5.41 Å². The van der Waals surface area contributed by atoms with Crippen LogP contribution in [0.3, 0.4) is 0 Å². The maximum absolute atomic E-state index is 13.8. The summed E-state index contributed by atoms with van der Waals surface area (Å²) < 4.78 is 30.7. The largest absolute Gasteiger partial charge is 0.444 e. The predicted molar refractivity (Wildman–Crippen MR) is 195 cm³/mol. The highest BCUT2D eigenvalue weighted by atomic mass is 19.1. The lowest BCUT2D eigenvalue weighted by Crippen LogP contribution is -2.54. The third-order valence-corrected chi connectivity index (χ3v) is 8.36. The molecule has 3 atom stereocenters. The van der Waals surface area contributed by atoms with Gasteiger partial charge in [-0.2, -0.15) is 0 Å². The Morgan fingerprint density at radius 3 is 2.27 bits per heavy atom. The van der Waals surface area contributed by atoms with Crippen molar-refractivity contribution in [3.8, 4) is 0 Å². The number of fused-ring (bicyclic) bond motifs is 1. The molecule has 0 saturated carbocycles. The molecule has 12 heteroatoms. The molecule has 11 nitrogen and oxygen atoms in total. The number of nitrogens with two attached hydrogens (primary N) is 1. The molecule has 1 aliphatic rings. The Morgan fingerprint density at radius 1 is 0.961 bits per heavy atom. The summed E-state index contributed by atoms with van der Waals surface area (Å²) in [7, 11) is 0. The summed E-state index contributed by atoms with van der Waals surface area (Å²) in [6.45, 7) is 11.1. The van der Waals surface area contributed by atoms with Crippen molar-refractivity contribution in [2.45, 2.75) is 110 Å². The Hall–Kier alpha value is -4.55. The number of ether oxygens (including phenoxy) is 3. The number of benzene rings is 3. The highest BCUT2D eigenvalue weighted by Crippen LogP contribution is 2.27. The van der Waals surface area contributed by atoms with Crippen molar-refractivity contribution in [3.05, 3.63) is 83.7 Å². The number of rotatable bonds is 10. The number of likely N-dealkylation sites (tertiary alicyclic amines) is 1. The first-order valence-electron chi connectivity index (χ1n) is 17.5. The lowest BCUT2D eigenvalue weighted by molar-refractivity contribution is -0.139. The zero-order valence-corrected chi connectivity index (χ0v) is 30.5. The topological polar surface area (TPSA) is 147 Å². The molecular formula is C39H52FN5O6. The van der Waals surface area contributed by atoms with Gasteiger partial charge in [-0.3, -0.25) is 15.5 Å². The number of carbonyl (C=O) groups excluding carboxylic acids is 3. The van der Waals surface area contributed by atoms with E-state index in [1.807, 2.05) is 12.1 Å². The summed E-state index contributed by atoms with van der Waals surface area (Å²) in [5.41, 5.74) is 6.59. The van der Waals surface area contributed by atoms with Crippen LogP contribution in [-0.2, 0) is 32.0 Å². The van der Waals surface area contributed by atoms with Crippen LogP contribution in [0.4, 0.5) is 14.0 Å². The van der Waals surface area contributed by atoms with Crippen LogP contribution in [0, 0.1) is 11.2 Å². The Bertz CT molecular complexity index is 1670. The molecule has 1 heterocycles. The van der Waals surface area contributed by atoms with E-state index in [-0.39, 0.29) is 36.8 Å². The first-order chi connectivity index (χ1) is 24.0. The summed E-state index contributed by atoms with van der Waals surface area (Å²) in [4.78, 5) is 42.3. The SMILES string of the molecule is CC(C)(C)OC(=O)NC(=N)N(CCCC1CC(OCc2ccc3ccccc3c2)CCN1C(=O)C(N)Cc1ccc(F)cc1)C(=O)OC(C)(C)C. The summed E-state index contributed by atoms with van der Waals surface area (Å²) in [6, 6.07) is 19.2. The fourth-order valence-corrected chi connectivity index (χ4v) is 6.01. The van der Waals surface area contributed by atoms with Crippen molar-refractivity contribution >= 4 is 34.8 Å². The Labute approximate surface area is 300 Å². The van der Waals surface area contributed by atoms with Crippen LogP contribution < -0.4 is 11.1 Å². The second-order valence-electron chi connectivity index (χ2n) is 15.0. The van der Waals surface area contributed by atoms with Crippen LogP contribution in [0.2, 0.25) is 0 Å². The van der Waals surface area contributed by atoms with E-state index in [0.29, 0.717) is 38.8 Å². The number of nitrogens with zero attached hydrogens (tertiary/aromatic N) is 2. The van der Waals surface area contributed by atoms with E-state index in [9.17, 15) is 18.8 Å². The average Bonchev–Trinajstić information content (AvgIpc) is 3.04. The first kappa shape index (κ1) is 39.2. The molecule has 3 amide bonds. The van der Waals surface area contributed by atoms with Gasteiger partial charge in [0, 0.05) is 19.1 Å². The minimum atomic E-state index is -0.869. The monoisotopic (exact) mass is 705 g/mol. The van der Waals surface area contributed by atoms with E-state index in [0.717, 1.165) is 26.8 Å². The molecule has 0 radical (unpaired) electrons. The number of alkyl carbamates (subject to hydrolysis) is 1. The molecule has 0 spiro atoms. The molecule has 51 heavy (non-hydrogen) atoms. The van der Waals surface area contributed by atoms with Crippen LogP contribution in [-0.4, -0.2) is 76.3 Å². The molecule has 0 bridgehead atoms. The molecule has 1 aliphatic heterocycles.